The number of H-pyrrole nitrogens is 2. The zero-order chi connectivity index (χ0) is 19.8. The third-order valence-corrected chi connectivity index (χ3v) is 4.78. The summed E-state index contributed by atoms with van der Waals surface area (Å²) in [5, 5.41) is 2.90. The summed E-state index contributed by atoms with van der Waals surface area (Å²) in [5.41, 5.74) is 5.03. The first-order valence-corrected chi connectivity index (χ1v) is 8.83. The van der Waals surface area contributed by atoms with Gasteiger partial charge >= 0.3 is 5.69 Å². The van der Waals surface area contributed by atoms with Gasteiger partial charge in [-0.3, -0.25) is 4.79 Å². The highest BCUT2D eigenvalue weighted by atomic mass is 16.5. The summed E-state index contributed by atoms with van der Waals surface area (Å²) in [6.45, 7) is 3.88. The van der Waals surface area contributed by atoms with Gasteiger partial charge in [-0.25, -0.2) is 4.79 Å². The Labute approximate surface area is 161 Å². The van der Waals surface area contributed by atoms with Crippen molar-refractivity contribution >= 4 is 22.6 Å². The summed E-state index contributed by atoms with van der Waals surface area (Å²) >= 11 is 0. The molecule has 2 aromatic carbocycles. The average Bonchev–Trinajstić information content (AvgIpc) is 3.19. The number of fused-ring (bicyclic) bond motifs is 1. The van der Waals surface area contributed by atoms with E-state index in [0.29, 0.717) is 22.3 Å². The van der Waals surface area contributed by atoms with Crippen molar-refractivity contribution in [1.82, 2.24) is 14.5 Å². The first kappa shape index (κ1) is 17.7. The van der Waals surface area contributed by atoms with Crippen LogP contribution in [0.4, 0.5) is 5.69 Å². The van der Waals surface area contributed by atoms with Crippen molar-refractivity contribution in [3.63, 3.8) is 0 Å². The number of nitrogens with zero attached hydrogens (tertiary/aromatic N) is 1. The van der Waals surface area contributed by atoms with Crippen LogP contribution in [0.5, 0.6) is 5.75 Å². The van der Waals surface area contributed by atoms with Crippen molar-refractivity contribution in [2.75, 3.05) is 12.4 Å². The van der Waals surface area contributed by atoms with Gasteiger partial charge in [-0.15, -0.1) is 0 Å². The second-order valence-corrected chi connectivity index (χ2v) is 6.61. The minimum absolute atomic E-state index is 0.204. The molecule has 4 aromatic rings. The number of ether oxygens (including phenoxy) is 1. The van der Waals surface area contributed by atoms with Gasteiger partial charge < -0.3 is 24.6 Å². The van der Waals surface area contributed by atoms with E-state index in [1.165, 1.54) is 0 Å². The van der Waals surface area contributed by atoms with Crippen molar-refractivity contribution in [3.8, 4) is 11.4 Å². The number of aryl methyl sites for hydroxylation is 1. The Hall–Kier alpha value is -3.74. The van der Waals surface area contributed by atoms with Crippen LogP contribution in [-0.4, -0.2) is 27.6 Å². The first-order chi connectivity index (χ1) is 13.5. The highest BCUT2D eigenvalue weighted by Crippen LogP contribution is 2.24. The van der Waals surface area contributed by atoms with Gasteiger partial charge in [0.1, 0.15) is 5.75 Å². The summed E-state index contributed by atoms with van der Waals surface area (Å²) in [7, 11) is 1.63. The van der Waals surface area contributed by atoms with E-state index in [0.717, 1.165) is 22.8 Å². The molecule has 7 heteroatoms. The normalized spacial score (nSPS) is 11.0. The highest BCUT2D eigenvalue weighted by Gasteiger charge is 2.17. The fourth-order valence-corrected chi connectivity index (χ4v) is 3.43. The Balaban J connectivity index is 1.64. The molecule has 0 fully saturated rings. The molecule has 7 nitrogen and oxygen atoms in total. The maximum atomic E-state index is 12.8. The molecule has 3 N–H and O–H groups in total. The Kier molecular flexibility index (Phi) is 4.27. The number of nitrogens with one attached hydrogen (secondary N) is 3. The van der Waals surface area contributed by atoms with Gasteiger partial charge in [-0.1, -0.05) is 0 Å². The third-order valence-electron chi connectivity index (χ3n) is 4.78. The maximum absolute atomic E-state index is 12.8. The van der Waals surface area contributed by atoms with Crippen LogP contribution >= 0.6 is 0 Å². The second kappa shape index (κ2) is 6.77. The van der Waals surface area contributed by atoms with E-state index in [9.17, 15) is 9.59 Å². The van der Waals surface area contributed by atoms with Crippen molar-refractivity contribution in [2.24, 2.45) is 0 Å². The number of anilines is 1. The van der Waals surface area contributed by atoms with Crippen LogP contribution in [-0.2, 0) is 0 Å². The molecule has 0 aliphatic carbocycles. The average molecular weight is 376 g/mol. The molecule has 0 aliphatic heterocycles. The molecule has 0 aliphatic rings. The van der Waals surface area contributed by atoms with E-state index < -0.39 is 0 Å². The van der Waals surface area contributed by atoms with E-state index in [1.807, 2.05) is 48.7 Å². The fraction of sp³-hybridized carbons (Fsp3) is 0.143. The van der Waals surface area contributed by atoms with E-state index >= 15 is 0 Å². The number of rotatable bonds is 4. The Morgan fingerprint density at radius 2 is 1.71 bits per heavy atom. The van der Waals surface area contributed by atoms with Crippen LogP contribution in [0.15, 0.2) is 53.3 Å². The van der Waals surface area contributed by atoms with Crippen LogP contribution in [0, 0.1) is 13.8 Å². The van der Waals surface area contributed by atoms with Gasteiger partial charge in [0.25, 0.3) is 5.91 Å². The zero-order valence-electron chi connectivity index (χ0n) is 15.8. The number of benzene rings is 2. The summed E-state index contributed by atoms with van der Waals surface area (Å²) in [6.07, 6.45) is 0. The lowest BCUT2D eigenvalue weighted by molar-refractivity contribution is 0.102. The molecule has 0 radical (unpaired) electrons. The number of aromatic nitrogens is 3. The summed E-state index contributed by atoms with van der Waals surface area (Å²) in [6, 6.07) is 14.8. The van der Waals surface area contributed by atoms with Crippen LogP contribution in [0.2, 0.25) is 0 Å². The smallest absolute Gasteiger partial charge is 0.323 e. The number of carbonyl (C=O) groups is 1. The molecule has 4 rings (SSSR count). The van der Waals surface area contributed by atoms with Crippen molar-refractivity contribution < 1.29 is 9.53 Å². The molecule has 2 aromatic heterocycles. The highest BCUT2D eigenvalue weighted by molar-refractivity contribution is 6.06. The lowest BCUT2D eigenvalue weighted by Gasteiger charge is -2.11. The standard InChI is InChI=1S/C21H20N4O3/c1-12-10-17(13(2)25(12)15-5-7-16(28-3)8-6-15)20(26)22-14-4-9-18-19(11-14)24-21(27)23-18/h4-11H,1-3H3,(H,22,26)(H2,23,24,27). The molecule has 0 saturated carbocycles. The van der Waals surface area contributed by atoms with E-state index in [2.05, 4.69) is 15.3 Å². The van der Waals surface area contributed by atoms with Crippen LogP contribution in [0.25, 0.3) is 16.7 Å². The van der Waals surface area contributed by atoms with Crippen molar-refractivity contribution in [2.45, 2.75) is 13.8 Å². The Bertz CT molecular complexity index is 1230. The van der Waals surface area contributed by atoms with Gasteiger partial charge in [0.15, 0.2) is 0 Å². The third kappa shape index (κ3) is 3.07. The van der Waals surface area contributed by atoms with E-state index in [-0.39, 0.29) is 11.6 Å². The van der Waals surface area contributed by atoms with E-state index in [4.69, 9.17) is 4.74 Å². The zero-order valence-corrected chi connectivity index (χ0v) is 15.8. The van der Waals surface area contributed by atoms with Crippen LogP contribution in [0.1, 0.15) is 21.7 Å². The number of carbonyl (C=O) groups excluding carboxylic acids is 1. The van der Waals surface area contributed by atoms with Gasteiger partial charge in [0, 0.05) is 22.8 Å². The minimum atomic E-state index is -0.276. The second-order valence-electron chi connectivity index (χ2n) is 6.61. The number of hydrogen-bond donors (Lipinski definition) is 3. The number of imidazole rings is 1. The number of aromatic amines is 2. The molecule has 0 spiro atoms. The predicted molar refractivity (Wildman–Crippen MR) is 109 cm³/mol. The maximum Gasteiger partial charge on any atom is 0.323 e. The fourth-order valence-electron chi connectivity index (χ4n) is 3.43. The molecule has 0 saturated heterocycles. The Morgan fingerprint density at radius 1 is 1.00 bits per heavy atom. The monoisotopic (exact) mass is 376 g/mol. The predicted octanol–water partition coefficient (Wildman–Crippen LogP) is 3.52. The molecule has 0 bridgehead atoms. The molecule has 28 heavy (non-hydrogen) atoms. The topological polar surface area (TPSA) is 91.9 Å². The number of amides is 1. The summed E-state index contributed by atoms with van der Waals surface area (Å²) in [4.78, 5) is 29.6. The number of hydrogen-bond acceptors (Lipinski definition) is 3. The van der Waals surface area contributed by atoms with Gasteiger partial charge in [0.2, 0.25) is 0 Å². The summed E-state index contributed by atoms with van der Waals surface area (Å²) in [5.74, 6) is 0.576. The van der Waals surface area contributed by atoms with Crippen molar-refractivity contribution in [1.29, 1.82) is 0 Å². The molecule has 0 atom stereocenters. The largest absolute Gasteiger partial charge is 0.497 e. The quantitative estimate of drug-likeness (QED) is 0.509. The molecule has 0 unspecified atom stereocenters. The Morgan fingerprint density at radius 3 is 2.43 bits per heavy atom. The molecule has 2 heterocycles. The molecular weight excluding hydrogens is 356 g/mol. The van der Waals surface area contributed by atoms with Gasteiger partial charge in [0.05, 0.1) is 23.7 Å². The van der Waals surface area contributed by atoms with Crippen LogP contribution < -0.4 is 15.7 Å². The molecule has 142 valence electrons. The van der Waals surface area contributed by atoms with Gasteiger partial charge in [-0.2, -0.15) is 0 Å². The van der Waals surface area contributed by atoms with E-state index in [1.54, 1.807) is 25.3 Å². The SMILES string of the molecule is COc1ccc(-n2c(C)cc(C(=O)Nc3ccc4[nH]c(=O)[nH]c4c3)c2C)cc1. The first-order valence-electron chi connectivity index (χ1n) is 8.83. The number of methoxy groups -OCH3 is 1. The minimum Gasteiger partial charge on any atom is -0.497 e. The lowest BCUT2D eigenvalue weighted by Crippen LogP contribution is -2.13. The summed E-state index contributed by atoms with van der Waals surface area (Å²) < 4.78 is 7.24. The van der Waals surface area contributed by atoms with Crippen LogP contribution in [0.3, 0.4) is 0 Å². The molecular formula is C21H20N4O3. The van der Waals surface area contributed by atoms with Gasteiger partial charge in [-0.05, 0) is 62.4 Å². The lowest BCUT2D eigenvalue weighted by atomic mass is 10.2. The molecule has 1 amide bonds. The van der Waals surface area contributed by atoms with Crippen molar-refractivity contribution in [3.05, 3.63) is 76.0 Å².